The minimum atomic E-state index is -0.455. The molecule has 2 fully saturated rings. The summed E-state index contributed by atoms with van der Waals surface area (Å²) in [4.78, 5) is 37.8. The van der Waals surface area contributed by atoms with Crippen LogP contribution in [0.5, 0.6) is 5.75 Å². The maximum Gasteiger partial charge on any atom is 0.294 e. The number of nitrogens with zero attached hydrogens (tertiary/aromatic N) is 1. The van der Waals surface area contributed by atoms with Gasteiger partial charge in [-0.25, -0.2) is 0 Å². The number of rotatable bonds is 6. The number of hydrogen-bond acceptors (Lipinski definition) is 6. The molecule has 1 aromatic carbocycles. The SMILES string of the molecule is COc1ccc(/C=C2\SC(=O)N(CC(=O)NC[C@H]3CCCO3)C2=O)cc1. The van der Waals surface area contributed by atoms with E-state index in [4.69, 9.17) is 9.47 Å². The number of amides is 3. The van der Waals surface area contributed by atoms with Crippen molar-refractivity contribution in [2.24, 2.45) is 0 Å². The van der Waals surface area contributed by atoms with Gasteiger partial charge in [0.25, 0.3) is 11.1 Å². The summed E-state index contributed by atoms with van der Waals surface area (Å²) in [6, 6.07) is 7.13. The third-order valence-corrected chi connectivity index (χ3v) is 5.05. The third kappa shape index (κ3) is 4.44. The van der Waals surface area contributed by atoms with Gasteiger partial charge in [-0.1, -0.05) is 12.1 Å². The standard InChI is InChI=1S/C18H20N2O5S/c1-24-13-6-4-12(5-7-13)9-15-17(22)20(18(23)26-15)11-16(21)19-10-14-3-2-8-25-14/h4-7,9,14H,2-3,8,10-11H2,1H3,(H,19,21)/b15-9-/t14-/m1/s1. The van der Waals surface area contributed by atoms with Crippen LogP contribution < -0.4 is 10.1 Å². The van der Waals surface area contributed by atoms with Crippen LogP contribution in [0.1, 0.15) is 18.4 Å². The van der Waals surface area contributed by atoms with Crippen LogP contribution in [0.25, 0.3) is 6.08 Å². The summed E-state index contributed by atoms with van der Waals surface area (Å²) in [5.74, 6) is -0.116. The lowest BCUT2D eigenvalue weighted by atomic mass is 10.2. The number of carbonyl (C=O) groups is 3. The van der Waals surface area contributed by atoms with E-state index >= 15 is 0 Å². The van der Waals surface area contributed by atoms with Crippen molar-refractivity contribution in [1.82, 2.24) is 10.2 Å². The summed E-state index contributed by atoms with van der Waals surface area (Å²) < 4.78 is 10.5. The fourth-order valence-electron chi connectivity index (χ4n) is 2.72. The van der Waals surface area contributed by atoms with Crippen LogP contribution >= 0.6 is 11.8 Å². The Morgan fingerprint density at radius 1 is 1.38 bits per heavy atom. The molecule has 0 aromatic heterocycles. The quantitative estimate of drug-likeness (QED) is 0.765. The lowest BCUT2D eigenvalue weighted by molar-refractivity contribution is -0.129. The Balaban J connectivity index is 1.58. The first-order valence-corrected chi connectivity index (χ1v) is 9.16. The second kappa shape index (κ2) is 8.37. The average Bonchev–Trinajstić information content (AvgIpc) is 3.25. The van der Waals surface area contributed by atoms with Gasteiger partial charge in [0.05, 0.1) is 18.1 Å². The molecule has 0 spiro atoms. The molecule has 3 rings (SSSR count). The van der Waals surface area contributed by atoms with Crippen LogP contribution in [0, 0.1) is 0 Å². The number of imide groups is 1. The van der Waals surface area contributed by atoms with Gasteiger partial charge in [-0.15, -0.1) is 0 Å². The Kier molecular flexibility index (Phi) is 5.95. The Hall–Kier alpha value is -2.32. The zero-order valence-corrected chi connectivity index (χ0v) is 15.2. The van der Waals surface area contributed by atoms with Crippen molar-refractivity contribution in [2.75, 3.05) is 26.8 Å². The smallest absolute Gasteiger partial charge is 0.294 e. The lowest BCUT2D eigenvalue weighted by Crippen LogP contribution is -2.41. The number of hydrogen-bond donors (Lipinski definition) is 1. The van der Waals surface area contributed by atoms with Crippen LogP contribution in [0.3, 0.4) is 0 Å². The van der Waals surface area contributed by atoms with Crippen LogP contribution in [-0.2, 0) is 14.3 Å². The maximum atomic E-state index is 12.4. The number of nitrogens with one attached hydrogen (secondary N) is 1. The third-order valence-electron chi connectivity index (χ3n) is 4.14. The molecule has 0 saturated carbocycles. The molecule has 0 unspecified atom stereocenters. The van der Waals surface area contributed by atoms with Crippen molar-refractivity contribution in [2.45, 2.75) is 18.9 Å². The van der Waals surface area contributed by atoms with E-state index in [0.29, 0.717) is 23.8 Å². The molecule has 2 saturated heterocycles. The minimum Gasteiger partial charge on any atom is -0.497 e. The van der Waals surface area contributed by atoms with Crippen molar-refractivity contribution in [1.29, 1.82) is 0 Å². The fraction of sp³-hybridized carbons (Fsp3) is 0.389. The minimum absolute atomic E-state index is 0.0174. The molecular formula is C18H20N2O5S. The average molecular weight is 376 g/mol. The first-order valence-electron chi connectivity index (χ1n) is 8.34. The first-order chi connectivity index (χ1) is 12.6. The van der Waals surface area contributed by atoms with Gasteiger partial charge in [-0.05, 0) is 48.4 Å². The highest BCUT2D eigenvalue weighted by molar-refractivity contribution is 8.18. The van der Waals surface area contributed by atoms with Crippen LogP contribution in [0.4, 0.5) is 4.79 Å². The van der Waals surface area contributed by atoms with E-state index in [-0.39, 0.29) is 18.6 Å². The highest BCUT2D eigenvalue weighted by Crippen LogP contribution is 2.32. The summed E-state index contributed by atoms with van der Waals surface area (Å²) in [7, 11) is 1.57. The summed E-state index contributed by atoms with van der Waals surface area (Å²) in [6.45, 7) is 0.827. The molecule has 7 nitrogen and oxygen atoms in total. The van der Waals surface area contributed by atoms with Crippen LogP contribution in [0.2, 0.25) is 0 Å². The van der Waals surface area contributed by atoms with Gasteiger partial charge in [0.2, 0.25) is 5.91 Å². The van der Waals surface area contributed by atoms with E-state index in [1.807, 2.05) is 0 Å². The molecule has 1 N–H and O–H groups in total. The van der Waals surface area contributed by atoms with Crippen molar-refractivity contribution in [3.8, 4) is 5.75 Å². The molecule has 1 aromatic rings. The molecule has 2 aliphatic rings. The van der Waals surface area contributed by atoms with E-state index in [2.05, 4.69) is 5.32 Å². The predicted octanol–water partition coefficient (Wildman–Crippen LogP) is 2.03. The topological polar surface area (TPSA) is 84.9 Å². The number of carbonyl (C=O) groups excluding carboxylic acids is 3. The zero-order valence-electron chi connectivity index (χ0n) is 14.4. The highest BCUT2D eigenvalue weighted by Gasteiger charge is 2.36. The van der Waals surface area contributed by atoms with Gasteiger partial charge in [0.1, 0.15) is 12.3 Å². The Bertz CT molecular complexity index is 726. The Morgan fingerprint density at radius 3 is 2.81 bits per heavy atom. The molecule has 26 heavy (non-hydrogen) atoms. The van der Waals surface area contributed by atoms with E-state index in [1.54, 1.807) is 37.5 Å². The molecule has 3 amide bonds. The first kappa shape index (κ1) is 18.5. The van der Waals surface area contributed by atoms with E-state index in [9.17, 15) is 14.4 Å². The van der Waals surface area contributed by atoms with Crippen molar-refractivity contribution in [3.63, 3.8) is 0 Å². The lowest BCUT2D eigenvalue weighted by Gasteiger charge is -2.14. The van der Waals surface area contributed by atoms with Gasteiger partial charge in [0, 0.05) is 13.2 Å². The van der Waals surface area contributed by atoms with Crippen molar-refractivity contribution < 1.29 is 23.9 Å². The monoisotopic (exact) mass is 376 g/mol. The number of methoxy groups -OCH3 is 1. The second-order valence-electron chi connectivity index (χ2n) is 5.98. The van der Waals surface area contributed by atoms with Crippen LogP contribution in [-0.4, -0.2) is 54.9 Å². The number of benzene rings is 1. The predicted molar refractivity (Wildman–Crippen MR) is 97.7 cm³/mol. The van der Waals surface area contributed by atoms with Gasteiger partial charge < -0.3 is 14.8 Å². The van der Waals surface area contributed by atoms with Gasteiger partial charge >= 0.3 is 0 Å². The van der Waals surface area contributed by atoms with Gasteiger partial charge in [0.15, 0.2) is 0 Å². The second-order valence-corrected chi connectivity index (χ2v) is 6.97. The van der Waals surface area contributed by atoms with E-state index in [1.165, 1.54) is 0 Å². The summed E-state index contributed by atoms with van der Waals surface area (Å²) >= 11 is 0.835. The normalized spacial score (nSPS) is 21.5. The van der Waals surface area contributed by atoms with E-state index < -0.39 is 11.1 Å². The van der Waals surface area contributed by atoms with Gasteiger partial charge in [-0.2, -0.15) is 0 Å². The molecule has 1 atom stereocenters. The Labute approximate surface area is 155 Å². The van der Waals surface area contributed by atoms with Crippen LogP contribution in [0.15, 0.2) is 29.2 Å². The zero-order chi connectivity index (χ0) is 18.5. The molecule has 138 valence electrons. The Morgan fingerprint density at radius 2 is 2.15 bits per heavy atom. The molecule has 0 bridgehead atoms. The largest absolute Gasteiger partial charge is 0.497 e. The highest BCUT2D eigenvalue weighted by atomic mass is 32.2. The molecular weight excluding hydrogens is 356 g/mol. The van der Waals surface area contributed by atoms with Gasteiger partial charge in [-0.3, -0.25) is 19.3 Å². The van der Waals surface area contributed by atoms with E-state index in [0.717, 1.165) is 35.1 Å². The van der Waals surface area contributed by atoms with Crippen molar-refractivity contribution >= 4 is 34.9 Å². The van der Waals surface area contributed by atoms with Crippen molar-refractivity contribution in [3.05, 3.63) is 34.7 Å². The molecule has 0 radical (unpaired) electrons. The molecule has 0 aliphatic carbocycles. The summed E-state index contributed by atoms with van der Waals surface area (Å²) in [5, 5.41) is 2.27. The maximum absolute atomic E-state index is 12.4. The number of thioether (sulfide) groups is 1. The number of ether oxygens (including phenoxy) is 2. The molecule has 2 aliphatic heterocycles. The molecule has 2 heterocycles. The summed E-state index contributed by atoms with van der Waals surface area (Å²) in [6.07, 6.45) is 3.55. The fourth-order valence-corrected chi connectivity index (χ4v) is 3.56. The summed E-state index contributed by atoms with van der Waals surface area (Å²) in [5.41, 5.74) is 0.777. The molecule has 8 heteroatoms.